The number of ketones is 2. The maximum absolute atomic E-state index is 12.7. The van der Waals surface area contributed by atoms with E-state index in [1.165, 1.54) is 0 Å². The van der Waals surface area contributed by atoms with Gasteiger partial charge in [-0.1, -0.05) is 30.3 Å². The number of hydrogen-bond acceptors (Lipinski definition) is 6. The smallest absolute Gasteiger partial charge is 0.231 e. The number of hydrogen-bond donors (Lipinski definition) is 0. The fourth-order valence-corrected chi connectivity index (χ4v) is 3.77. The largest absolute Gasteiger partial charge is 0.489 e. The fraction of sp³-hybridized carbons (Fsp3) is 0.227. The molecule has 28 heavy (non-hydrogen) atoms. The van der Waals surface area contributed by atoms with E-state index in [-0.39, 0.29) is 35.0 Å². The van der Waals surface area contributed by atoms with Crippen LogP contribution in [-0.2, 0) is 0 Å². The molecule has 0 bridgehead atoms. The van der Waals surface area contributed by atoms with Gasteiger partial charge in [0.25, 0.3) is 0 Å². The summed E-state index contributed by atoms with van der Waals surface area (Å²) in [6, 6.07) is 14.1. The third kappa shape index (κ3) is 2.73. The summed E-state index contributed by atoms with van der Waals surface area (Å²) < 4.78 is 11.8. The van der Waals surface area contributed by atoms with E-state index in [2.05, 4.69) is 16.9 Å². The highest BCUT2D eigenvalue weighted by atomic mass is 16.5. The third-order valence-corrected chi connectivity index (χ3v) is 5.20. The molecule has 0 saturated carbocycles. The summed E-state index contributed by atoms with van der Waals surface area (Å²) >= 11 is 0. The summed E-state index contributed by atoms with van der Waals surface area (Å²) in [7, 11) is 2.07. The average molecular weight is 374 g/mol. The molecule has 1 saturated heterocycles. The van der Waals surface area contributed by atoms with Crippen molar-refractivity contribution < 1.29 is 18.7 Å². The van der Waals surface area contributed by atoms with E-state index in [0.29, 0.717) is 16.7 Å². The monoisotopic (exact) mass is 374 g/mol. The predicted molar refractivity (Wildman–Crippen MR) is 102 cm³/mol. The predicted octanol–water partition coefficient (Wildman–Crippen LogP) is 3.20. The Morgan fingerprint density at radius 2 is 1.86 bits per heavy atom. The molecule has 2 aliphatic rings. The Hall–Kier alpha value is -3.25. The van der Waals surface area contributed by atoms with E-state index in [1.807, 2.05) is 24.3 Å². The molecule has 0 unspecified atom stereocenters. The fourth-order valence-electron chi connectivity index (χ4n) is 3.77. The lowest BCUT2D eigenvalue weighted by molar-refractivity contribution is 0.0959. The van der Waals surface area contributed by atoms with Crippen molar-refractivity contribution in [1.82, 2.24) is 9.88 Å². The van der Waals surface area contributed by atoms with Crippen LogP contribution in [0.15, 0.2) is 52.9 Å². The summed E-state index contributed by atoms with van der Waals surface area (Å²) in [5.41, 5.74) is 1.46. The van der Waals surface area contributed by atoms with Gasteiger partial charge in [0.15, 0.2) is 5.69 Å². The first-order chi connectivity index (χ1) is 13.6. The topological polar surface area (TPSA) is 72.6 Å². The number of nitrogens with zero attached hydrogens (tertiary/aromatic N) is 2. The van der Waals surface area contributed by atoms with Gasteiger partial charge in [0.05, 0.1) is 0 Å². The quantitative estimate of drug-likeness (QED) is 0.548. The van der Waals surface area contributed by atoms with Crippen LogP contribution in [0.5, 0.6) is 5.75 Å². The zero-order valence-electron chi connectivity index (χ0n) is 15.3. The van der Waals surface area contributed by atoms with Crippen molar-refractivity contribution >= 4 is 11.6 Å². The molecule has 1 aliphatic carbocycles. The molecule has 1 aliphatic heterocycles. The molecular formula is C22H18N2O4. The van der Waals surface area contributed by atoms with E-state index >= 15 is 0 Å². The summed E-state index contributed by atoms with van der Waals surface area (Å²) in [6.45, 7) is 1.90. The summed E-state index contributed by atoms with van der Waals surface area (Å²) in [6.07, 6.45) is 1.13. The highest BCUT2D eigenvalue weighted by Crippen LogP contribution is 2.32. The minimum atomic E-state index is -0.314. The lowest BCUT2D eigenvalue weighted by Gasteiger charge is -2.14. The van der Waals surface area contributed by atoms with Gasteiger partial charge in [-0.25, -0.2) is 4.98 Å². The van der Waals surface area contributed by atoms with Crippen LogP contribution in [0.1, 0.15) is 38.6 Å². The molecule has 6 heteroatoms. The Morgan fingerprint density at radius 3 is 2.61 bits per heavy atom. The minimum absolute atomic E-state index is 0.00226. The van der Waals surface area contributed by atoms with Crippen LogP contribution in [0.25, 0.3) is 11.5 Å². The minimum Gasteiger partial charge on any atom is -0.489 e. The van der Waals surface area contributed by atoms with Gasteiger partial charge in [0.2, 0.25) is 23.2 Å². The Balaban J connectivity index is 1.48. The Kier molecular flexibility index (Phi) is 3.87. The van der Waals surface area contributed by atoms with E-state index in [0.717, 1.165) is 25.3 Å². The molecule has 0 spiro atoms. The van der Waals surface area contributed by atoms with Crippen molar-refractivity contribution in [3.05, 3.63) is 71.1 Å². The SMILES string of the molecule is CN1CC[C@H](Oc2cccc(-c3nc4c(o3)C(=O)c3ccccc3C4=O)c2)C1. The van der Waals surface area contributed by atoms with Crippen molar-refractivity contribution in [2.24, 2.45) is 0 Å². The summed E-state index contributed by atoms with van der Waals surface area (Å²) in [5, 5.41) is 0. The lowest BCUT2D eigenvalue weighted by Crippen LogP contribution is -2.21. The van der Waals surface area contributed by atoms with Crippen molar-refractivity contribution in [2.45, 2.75) is 12.5 Å². The van der Waals surface area contributed by atoms with Crippen LogP contribution in [0.4, 0.5) is 0 Å². The number of aromatic nitrogens is 1. The second-order valence-corrected chi connectivity index (χ2v) is 7.22. The second-order valence-electron chi connectivity index (χ2n) is 7.22. The second kappa shape index (κ2) is 6.42. The standard InChI is InChI=1S/C22H18N2O4/c1-24-10-9-15(12-24)27-14-6-4-5-13(11-14)22-23-18-19(25)16-7-2-3-8-17(16)20(26)21(18)28-22/h2-8,11,15H,9-10,12H2,1H3/t15-/m0/s1. The van der Waals surface area contributed by atoms with Crippen molar-refractivity contribution in [3.8, 4) is 17.2 Å². The molecule has 2 aromatic carbocycles. The number of carbonyl (C=O) groups is 2. The molecule has 1 atom stereocenters. The van der Waals surface area contributed by atoms with E-state index < -0.39 is 0 Å². The van der Waals surface area contributed by atoms with Crippen LogP contribution in [0.3, 0.4) is 0 Å². The molecular weight excluding hydrogens is 356 g/mol. The van der Waals surface area contributed by atoms with E-state index in [9.17, 15) is 9.59 Å². The lowest BCUT2D eigenvalue weighted by atomic mass is 9.91. The third-order valence-electron chi connectivity index (χ3n) is 5.20. The first-order valence-corrected chi connectivity index (χ1v) is 9.25. The molecule has 0 radical (unpaired) electrons. The van der Waals surface area contributed by atoms with Gasteiger partial charge < -0.3 is 14.1 Å². The Bertz CT molecular complexity index is 1050. The highest BCUT2D eigenvalue weighted by molar-refractivity contribution is 6.26. The van der Waals surface area contributed by atoms with Gasteiger partial charge in [-0.3, -0.25) is 9.59 Å². The van der Waals surface area contributed by atoms with Gasteiger partial charge >= 0.3 is 0 Å². The molecule has 1 aromatic heterocycles. The zero-order chi connectivity index (χ0) is 19.3. The molecule has 140 valence electrons. The number of likely N-dealkylation sites (N-methyl/N-ethyl adjacent to an activating group) is 1. The van der Waals surface area contributed by atoms with Crippen LogP contribution < -0.4 is 4.74 Å². The summed E-state index contributed by atoms with van der Waals surface area (Å²) in [5.74, 6) is 0.359. The van der Waals surface area contributed by atoms with E-state index in [4.69, 9.17) is 9.15 Å². The number of rotatable bonds is 3. The Morgan fingerprint density at radius 1 is 1.07 bits per heavy atom. The van der Waals surface area contributed by atoms with Gasteiger partial charge in [-0.15, -0.1) is 0 Å². The number of ether oxygens (including phenoxy) is 1. The molecule has 0 amide bonds. The van der Waals surface area contributed by atoms with Gasteiger partial charge in [0, 0.05) is 29.8 Å². The molecule has 2 heterocycles. The first-order valence-electron chi connectivity index (χ1n) is 9.25. The zero-order valence-corrected chi connectivity index (χ0v) is 15.3. The van der Waals surface area contributed by atoms with Crippen molar-refractivity contribution in [3.63, 3.8) is 0 Å². The van der Waals surface area contributed by atoms with Gasteiger partial charge in [-0.2, -0.15) is 0 Å². The number of fused-ring (bicyclic) bond motifs is 2. The highest BCUT2D eigenvalue weighted by Gasteiger charge is 2.35. The van der Waals surface area contributed by atoms with Gasteiger partial charge in [-0.05, 0) is 31.7 Å². The normalized spacial score (nSPS) is 18.8. The molecule has 0 N–H and O–H groups in total. The van der Waals surface area contributed by atoms with Crippen molar-refractivity contribution in [2.75, 3.05) is 20.1 Å². The number of oxazole rings is 1. The van der Waals surface area contributed by atoms with Crippen molar-refractivity contribution in [1.29, 1.82) is 0 Å². The molecule has 3 aromatic rings. The van der Waals surface area contributed by atoms with Gasteiger partial charge in [0.1, 0.15) is 11.9 Å². The number of carbonyl (C=O) groups excluding carboxylic acids is 2. The molecule has 1 fully saturated rings. The number of likely N-dealkylation sites (tertiary alicyclic amines) is 1. The van der Waals surface area contributed by atoms with E-state index in [1.54, 1.807) is 24.3 Å². The van der Waals surface area contributed by atoms with Crippen LogP contribution in [0.2, 0.25) is 0 Å². The molecule has 5 rings (SSSR count). The Labute approximate surface area is 161 Å². The first kappa shape index (κ1) is 16.9. The number of benzene rings is 2. The molecule has 6 nitrogen and oxygen atoms in total. The maximum Gasteiger partial charge on any atom is 0.231 e. The average Bonchev–Trinajstić information content (AvgIpc) is 3.33. The van der Waals surface area contributed by atoms with Crippen LogP contribution in [0, 0.1) is 0 Å². The van der Waals surface area contributed by atoms with Crippen LogP contribution in [-0.4, -0.2) is 47.7 Å². The van der Waals surface area contributed by atoms with Crippen LogP contribution >= 0.6 is 0 Å². The maximum atomic E-state index is 12.7. The summed E-state index contributed by atoms with van der Waals surface area (Å²) in [4.78, 5) is 32.0.